The van der Waals surface area contributed by atoms with Gasteiger partial charge in [0.15, 0.2) is 11.6 Å². The minimum atomic E-state index is 0.680. The van der Waals surface area contributed by atoms with Crippen molar-refractivity contribution in [3.8, 4) is 78.7 Å². The maximum Gasteiger partial charge on any atom is 0.161 e. The van der Waals surface area contributed by atoms with Crippen LogP contribution in [-0.2, 0) is 0 Å². The van der Waals surface area contributed by atoms with Gasteiger partial charge in [0.05, 0.1) is 31.8 Å². The molecular weight excluding hydrogens is 793 g/mol. The number of benzene rings is 8. The smallest absolute Gasteiger partial charge is 0.161 e. The molecule has 62 heavy (non-hydrogen) atoms. The number of thiophene rings is 2. The maximum atomic E-state index is 5.50. The minimum absolute atomic E-state index is 0.680. The molecule has 0 aliphatic heterocycles. The Kier molecular flexibility index (Phi) is 8.84. The van der Waals surface area contributed by atoms with Crippen LogP contribution in [0.1, 0.15) is 0 Å². The van der Waals surface area contributed by atoms with E-state index in [1.165, 1.54) is 15.0 Å². The SMILES string of the molecule is c1ccc(-c2cccc(-c3nc(-c4ccccc4-c4ccccc4-c4nc(-c5cccc(-c6ccccc6)c5)c5sc6ccccc6c5n4)c4sc5ccccc5c4n3)c2)cc1. The Morgan fingerprint density at radius 2 is 0.694 bits per heavy atom. The topological polar surface area (TPSA) is 51.6 Å². The lowest BCUT2D eigenvalue weighted by Crippen LogP contribution is -1.98. The van der Waals surface area contributed by atoms with E-state index in [-0.39, 0.29) is 0 Å². The second kappa shape index (κ2) is 15.1. The summed E-state index contributed by atoms with van der Waals surface area (Å²) in [4.78, 5) is 21.7. The first-order valence-electron chi connectivity index (χ1n) is 20.6. The van der Waals surface area contributed by atoms with Crippen molar-refractivity contribution in [1.29, 1.82) is 0 Å². The lowest BCUT2D eigenvalue weighted by atomic mass is 9.93. The summed E-state index contributed by atoms with van der Waals surface area (Å²) in [5.74, 6) is 1.37. The van der Waals surface area contributed by atoms with Gasteiger partial charge in [-0.1, -0.05) is 182 Å². The summed E-state index contributed by atoms with van der Waals surface area (Å²) in [5, 5.41) is 2.26. The number of aromatic nitrogens is 4. The van der Waals surface area contributed by atoms with Crippen molar-refractivity contribution in [2.75, 3.05) is 0 Å². The average Bonchev–Trinajstić information content (AvgIpc) is 3.93. The van der Waals surface area contributed by atoms with Gasteiger partial charge >= 0.3 is 0 Å². The summed E-state index contributed by atoms with van der Waals surface area (Å²) in [6.07, 6.45) is 0. The molecule has 8 aromatic carbocycles. The molecule has 290 valence electrons. The van der Waals surface area contributed by atoms with E-state index >= 15 is 0 Å². The van der Waals surface area contributed by atoms with Crippen molar-refractivity contribution in [3.05, 3.63) is 206 Å². The molecule has 0 amide bonds. The molecule has 0 spiro atoms. The number of nitrogens with zero attached hydrogens (tertiary/aromatic N) is 4. The van der Waals surface area contributed by atoms with Crippen LogP contribution in [0.25, 0.3) is 119 Å². The highest BCUT2D eigenvalue weighted by Crippen LogP contribution is 2.45. The molecule has 0 saturated heterocycles. The quantitative estimate of drug-likeness (QED) is 0.161. The van der Waals surface area contributed by atoms with Gasteiger partial charge in [0.25, 0.3) is 0 Å². The van der Waals surface area contributed by atoms with E-state index in [1.54, 1.807) is 22.7 Å². The van der Waals surface area contributed by atoms with E-state index in [2.05, 4.69) is 200 Å². The molecule has 4 heterocycles. The molecule has 12 rings (SSSR count). The third-order valence-electron chi connectivity index (χ3n) is 11.6. The highest BCUT2D eigenvalue weighted by atomic mass is 32.1. The van der Waals surface area contributed by atoms with Crippen LogP contribution in [0.5, 0.6) is 0 Å². The summed E-state index contributed by atoms with van der Waals surface area (Å²) >= 11 is 3.50. The first-order chi connectivity index (χ1) is 30.7. The highest BCUT2D eigenvalue weighted by molar-refractivity contribution is 7.26. The molecule has 6 heteroatoms. The highest BCUT2D eigenvalue weighted by Gasteiger charge is 2.23. The minimum Gasteiger partial charge on any atom is -0.226 e. The van der Waals surface area contributed by atoms with Crippen LogP contribution >= 0.6 is 22.7 Å². The first-order valence-corrected chi connectivity index (χ1v) is 22.3. The lowest BCUT2D eigenvalue weighted by molar-refractivity contribution is 1.23. The Labute approximate surface area is 366 Å². The molecule has 0 bridgehead atoms. The van der Waals surface area contributed by atoms with Crippen molar-refractivity contribution in [2.45, 2.75) is 0 Å². The number of fused-ring (bicyclic) bond motifs is 6. The summed E-state index contributed by atoms with van der Waals surface area (Å²) < 4.78 is 4.51. The number of hydrogen-bond donors (Lipinski definition) is 0. The van der Waals surface area contributed by atoms with Crippen LogP contribution in [0.4, 0.5) is 0 Å². The van der Waals surface area contributed by atoms with Gasteiger partial charge in [0.1, 0.15) is 0 Å². The fourth-order valence-electron chi connectivity index (χ4n) is 8.59. The first kappa shape index (κ1) is 36.2. The monoisotopic (exact) mass is 826 g/mol. The van der Waals surface area contributed by atoms with Crippen LogP contribution in [0, 0.1) is 0 Å². The summed E-state index contributed by atoms with van der Waals surface area (Å²) in [6, 6.07) is 72.5. The molecule has 12 aromatic rings. The van der Waals surface area contributed by atoms with E-state index in [0.29, 0.717) is 11.6 Å². The Bertz CT molecular complexity index is 3650. The van der Waals surface area contributed by atoms with Gasteiger partial charge in [-0.15, -0.1) is 22.7 Å². The predicted octanol–water partition coefficient (Wildman–Crippen LogP) is 15.7. The second-order valence-electron chi connectivity index (χ2n) is 15.3. The van der Waals surface area contributed by atoms with Gasteiger partial charge < -0.3 is 0 Å². The molecule has 0 unspecified atom stereocenters. The Morgan fingerprint density at radius 1 is 0.274 bits per heavy atom. The van der Waals surface area contributed by atoms with Crippen molar-refractivity contribution in [3.63, 3.8) is 0 Å². The van der Waals surface area contributed by atoms with Gasteiger partial charge in [-0.25, -0.2) is 19.9 Å². The Morgan fingerprint density at radius 3 is 1.32 bits per heavy atom. The molecule has 0 radical (unpaired) electrons. The van der Waals surface area contributed by atoms with Crippen LogP contribution in [0.2, 0.25) is 0 Å². The summed E-state index contributed by atoms with van der Waals surface area (Å²) in [6.45, 7) is 0. The third-order valence-corrected chi connectivity index (χ3v) is 13.9. The zero-order valence-corrected chi connectivity index (χ0v) is 34.9. The Hall–Kier alpha value is -7.64. The third kappa shape index (κ3) is 6.28. The molecular formula is C56H34N4S2. The lowest BCUT2D eigenvalue weighted by Gasteiger charge is -2.15. The van der Waals surface area contributed by atoms with E-state index in [1.807, 2.05) is 6.07 Å². The largest absolute Gasteiger partial charge is 0.226 e. The van der Waals surface area contributed by atoms with Gasteiger partial charge in [0, 0.05) is 42.4 Å². The standard InChI is InChI=1S/C56H34N4S2/c1-3-17-35(18-4-1)37-21-15-23-39(33-37)49-53-51(45-29-11-13-31-47(45)61-53)60-56(57-49)44-28-10-8-26-42(44)41-25-7-9-27-43(41)50-54-52(46-30-12-14-32-48(46)62-54)59-55(58-50)40-24-16-22-38(34-40)36-19-5-2-6-20-36/h1-34H. The predicted molar refractivity (Wildman–Crippen MR) is 261 cm³/mol. The molecule has 0 N–H and O–H groups in total. The van der Waals surface area contributed by atoms with Crippen molar-refractivity contribution >= 4 is 63.3 Å². The van der Waals surface area contributed by atoms with Crippen molar-refractivity contribution in [1.82, 2.24) is 19.9 Å². The average molecular weight is 827 g/mol. The Balaban J connectivity index is 1.07. The van der Waals surface area contributed by atoms with E-state index in [4.69, 9.17) is 19.9 Å². The normalized spacial score (nSPS) is 11.5. The van der Waals surface area contributed by atoms with E-state index in [0.717, 1.165) is 92.7 Å². The van der Waals surface area contributed by atoms with Gasteiger partial charge in [-0.05, 0) is 57.6 Å². The molecule has 0 aliphatic rings. The molecule has 4 aromatic heterocycles. The number of rotatable bonds is 7. The van der Waals surface area contributed by atoms with Crippen LogP contribution in [0.15, 0.2) is 206 Å². The maximum absolute atomic E-state index is 5.50. The van der Waals surface area contributed by atoms with Crippen molar-refractivity contribution in [2.24, 2.45) is 0 Å². The molecule has 0 fully saturated rings. The molecule has 4 nitrogen and oxygen atoms in total. The number of hydrogen-bond acceptors (Lipinski definition) is 6. The fraction of sp³-hybridized carbons (Fsp3) is 0. The second-order valence-corrected chi connectivity index (χ2v) is 17.4. The van der Waals surface area contributed by atoms with Crippen molar-refractivity contribution < 1.29 is 0 Å². The van der Waals surface area contributed by atoms with Gasteiger partial charge in [-0.3, -0.25) is 0 Å². The van der Waals surface area contributed by atoms with Gasteiger partial charge in [-0.2, -0.15) is 0 Å². The summed E-state index contributed by atoms with van der Waals surface area (Å²) in [5.41, 5.74) is 14.4. The van der Waals surface area contributed by atoms with Crippen LogP contribution in [-0.4, -0.2) is 19.9 Å². The zero-order valence-electron chi connectivity index (χ0n) is 33.2. The zero-order chi connectivity index (χ0) is 41.0. The summed E-state index contributed by atoms with van der Waals surface area (Å²) in [7, 11) is 0. The van der Waals surface area contributed by atoms with Gasteiger partial charge in [0.2, 0.25) is 0 Å². The fourth-order valence-corrected chi connectivity index (χ4v) is 10.9. The van der Waals surface area contributed by atoms with Crippen LogP contribution in [0.3, 0.4) is 0 Å². The molecule has 0 atom stereocenters. The van der Waals surface area contributed by atoms with Crippen LogP contribution < -0.4 is 0 Å². The molecule has 0 aliphatic carbocycles. The van der Waals surface area contributed by atoms with E-state index in [9.17, 15) is 0 Å². The molecule has 0 saturated carbocycles. The van der Waals surface area contributed by atoms with E-state index < -0.39 is 0 Å².